The second-order valence-electron chi connectivity index (χ2n) is 7.91. The molecule has 7 nitrogen and oxygen atoms in total. The molecule has 1 aromatic carbocycles. The lowest BCUT2D eigenvalue weighted by Crippen LogP contribution is -2.32. The first kappa shape index (κ1) is 21.3. The molecule has 162 valence electrons. The maximum Gasteiger partial charge on any atom is 0.243 e. The van der Waals surface area contributed by atoms with Crippen LogP contribution in [-0.4, -0.2) is 25.1 Å². The summed E-state index contributed by atoms with van der Waals surface area (Å²) in [4.78, 5) is 23.2. The summed E-state index contributed by atoms with van der Waals surface area (Å²) in [5.41, 5.74) is 4.70. The van der Waals surface area contributed by atoms with E-state index in [1.165, 1.54) is 17.7 Å². The van der Waals surface area contributed by atoms with Gasteiger partial charge in [0.25, 0.3) is 0 Å². The number of aryl methyl sites for hydroxylation is 2. The molecular formula is C23H26N4O3S. The fourth-order valence-corrected chi connectivity index (χ4v) is 4.91. The second-order valence-corrected chi connectivity index (χ2v) is 8.93. The number of benzene rings is 1. The molecule has 1 atom stereocenters. The number of allylic oxidation sites excluding steroid dienone is 2. The van der Waals surface area contributed by atoms with E-state index in [9.17, 15) is 4.79 Å². The molecule has 2 aliphatic rings. The zero-order valence-corrected chi connectivity index (χ0v) is 18.9. The van der Waals surface area contributed by atoms with Gasteiger partial charge in [0.15, 0.2) is 5.66 Å². The van der Waals surface area contributed by atoms with Gasteiger partial charge in [-0.15, -0.1) is 16.8 Å². The van der Waals surface area contributed by atoms with Crippen molar-refractivity contribution in [3.63, 3.8) is 0 Å². The molecule has 8 heteroatoms. The van der Waals surface area contributed by atoms with Crippen molar-refractivity contribution in [2.24, 2.45) is 10.9 Å². The number of fused-ring (bicyclic) bond motifs is 1. The Morgan fingerprint density at radius 3 is 2.81 bits per heavy atom. The molecule has 1 aromatic heterocycles. The summed E-state index contributed by atoms with van der Waals surface area (Å²) in [5.74, 6) is 2.11. The molecule has 0 bridgehead atoms. The average Bonchev–Trinajstić information content (AvgIpc) is 3.44. The molecular weight excluding hydrogens is 412 g/mol. The number of hydrogen-bond donors (Lipinski definition) is 3. The minimum absolute atomic E-state index is 0.240. The Morgan fingerprint density at radius 1 is 1.35 bits per heavy atom. The van der Waals surface area contributed by atoms with Gasteiger partial charge in [-0.1, -0.05) is 0 Å². The molecule has 2 aromatic rings. The highest BCUT2D eigenvalue weighted by molar-refractivity contribution is 7.19. The Balaban J connectivity index is 1.68. The topological polar surface area (TPSA) is 95.8 Å². The fourth-order valence-electron chi connectivity index (χ4n) is 3.57. The molecule has 1 aliphatic heterocycles. The number of likely N-dealkylation sites (N-methyl/N-ethyl adjacent to an activating group) is 1. The predicted molar refractivity (Wildman–Crippen MR) is 124 cm³/mol. The van der Waals surface area contributed by atoms with Gasteiger partial charge < -0.3 is 20.3 Å². The van der Waals surface area contributed by atoms with Crippen molar-refractivity contribution in [1.29, 1.82) is 5.41 Å². The first-order valence-corrected chi connectivity index (χ1v) is 11.0. The normalized spacial score (nSPS) is 21.3. The highest BCUT2D eigenvalue weighted by Crippen LogP contribution is 2.44. The van der Waals surface area contributed by atoms with E-state index in [2.05, 4.69) is 17.7 Å². The van der Waals surface area contributed by atoms with Gasteiger partial charge in [0.2, 0.25) is 11.8 Å². The van der Waals surface area contributed by atoms with Crippen molar-refractivity contribution in [2.75, 3.05) is 7.05 Å². The molecule has 2 heterocycles. The fraction of sp³-hybridized carbons (Fsp3) is 0.348. The van der Waals surface area contributed by atoms with E-state index in [4.69, 9.17) is 20.0 Å². The van der Waals surface area contributed by atoms with E-state index < -0.39 is 5.66 Å². The monoisotopic (exact) mass is 438 g/mol. The number of carbonyl (C=O) groups excluding carboxylic acids is 1. The molecule has 31 heavy (non-hydrogen) atoms. The van der Waals surface area contributed by atoms with Crippen molar-refractivity contribution < 1.29 is 14.4 Å². The van der Waals surface area contributed by atoms with Crippen molar-refractivity contribution >= 4 is 39.4 Å². The number of amides is 1. The summed E-state index contributed by atoms with van der Waals surface area (Å²) in [6.07, 6.45) is 7.84. The summed E-state index contributed by atoms with van der Waals surface area (Å²) in [6.45, 7) is 6.17. The summed E-state index contributed by atoms with van der Waals surface area (Å²) >= 11 is 1.68. The highest BCUT2D eigenvalue weighted by Gasteiger charge is 2.42. The maximum atomic E-state index is 11.5. The van der Waals surface area contributed by atoms with Gasteiger partial charge in [0, 0.05) is 35.5 Å². The number of carbonyl (C=O) groups is 1. The predicted octanol–water partition coefficient (Wildman–Crippen LogP) is 4.25. The highest BCUT2D eigenvalue weighted by atomic mass is 32.1. The van der Waals surface area contributed by atoms with Gasteiger partial charge >= 0.3 is 0 Å². The number of hydroxylamine groups is 1. The van der Waals surface area contributed by atoms with Crippen LogP contribution in [0.15, 0.2) is 41.1 Å². The van der Waals surface area contributed by atoms with Crippen LogP contribution in [0.3, 0.4) is 0 Å². The minimum Gasteiger partial charge on any atom is -0.457 e. The quantitative estimate of drug-likeness (QED) is 0.261. The molecule has 1 aliphatic carbocycles. The zero-order valence-electron chi connectivity index (χ0n) is 18.0. The summed E-state index contributed by atoms with van der Waals surface area (Å²) in [6, 6.07) is 3.97. The Labute approximate surface area is 185 Å². The maximum absolute atomic E-state index is 11.5. The Hall–Kier alpha value is -2.97. The van der Waals surface area contributed by atoms with Crippen LogP contribution in [0.5, 0.6) is 5.75 Å². The number of ether oxygens (including phenoxy) is 1. The number of thiophene rings is 1. The number of nitrogens with one attached hydrogen (secondary N) is 3. The molecule has 1 fully saturated rings. The van der Waals surface area contributed by atoms with Crippen LogP contribution in [-0.2, 0) is 15.3 Å². The van der Waals surface area contributed by atoms with Crippen LogP contribution >= 0.6 is 11.3 Å². The number of rotatable bonds is 7. The standard InChI is InChI=1S/C23H26N4O3S/c1-13-17-8-9-18(29-16(11-12-24)7-10-19(28)25-4)14(2)20(17)31-21(13)23(3)26-22(30-27-23)15-5-6-15/h7-12,15,24,27H,5-6H2,1-4H3,(H,25,28)/b10-7+,16-11+,24-12?. The van der Waals surface area contributed by atoms with Crippen molar-refractivity contribution in [2.45, 2.75) is 39.3 Å². The second kappa shape index (κ2) is 8.28. The summed E-state index contributed by atoms with van der Waals surface area (Å²) < 4.78 is 7.15. The lowest BCUT2D eigenvalue weighted by atomic mass is 10.0. The van der Waals surface area contributed by atoms with Crippen molar-refractivity contribution in [3.05, 3.63) is 52.1 Å². The first-order valence-electron chi connectivity index (χ1n) is 10.2. The van der Waals surface area contributed by atoms with E-state index in [0.29, 0.717) is 17.4 Å². The number of aliphatic imine (C=N–C) groups is 1. The third kappa shape index (κ3) is 4.13. The molecule has 1 saturated carbocycles. The molecule has 0 radical (unpaired) electrons. The van der Waals surface area contributed by atoms with Crippen LogP contribution < -0.4 is 15.5 Å². The third-order valence-corrected chi connectivity index (χ3v) is 7.12. The van der Waals surface area contributed by atoms with Crippen LogP contribution in [0.2, 0.25) is 0 Å². The van der Waals surface area contributed by atoms with E-state index in [1.54, 1.807) is 24.5 Å². The van der Waals surface area contributed by atoms with Crippen molar-refractivity contribution in [1.82, 2.24) is 10.8 Å². The largest absolute Gasteiger partial charge is 0.457 e. The van der Waals surface area contributed by atoms with Gasteiger partial charge in [0.05, 0.1) is 4.88 Å². The molecule has 4 rings (SSSR count). The van der Waals surface area contributed by atoms with Gasteiger partial charge in [-0.25, -0.2) is 4.99 Å². The van der Waals surface area contributed by atoms with E-state index >= 15 is 0 Å². The number of hydrogen-bond acceptors (Lipinski definition) is 7. The van der Waals surface area contributed by atoms with Crippen LogP contribution in [0.4, 0.5) is 0 Å². The molecule has 1 amide bonds. The summed E-state index contributed by atoms with van der Waals surface area (Å²) in [7, 11) is 1.56. The van der Waals surface area contributed by atoms with Crippen LogP contribution in [0.25, 0.3) is 10.1 Å². The van der Waals surface area contributed by atoms with Gasteiger partial charge in [-0.05, 0) is 68.8 Å². The van der Waals surface area contributed by atoms with Gasteiger partial charge in [-0.3, -0.25) is 4.79 Å². The minimum atomic E-state index is -0.597. The third-order valence-electron chi connectivity index (χ3n) is 5.48. The SMILES string of the molecule is CNC(=O)/C=C/C(=C\C=N)Oc1ccc2c(C)c(C3(C)N=C(C4CC4)ON3)sc2c1C. The molecule has 3 N–H and O–H groups in total. The summed E-state index contributed by atoms with van der Waals surface area (Å²) in [5, 5.41) is 11.0. The number of nitrogens with zero attached hydrogens (tertiary/aromatic N) is 1. The Kier molecular flexibility index (Phi) is 5.68. The average molecular weight is 439 g/mol. The molecule has 0 saturated heterocycles. The van der Waals surface area contributed by atoms with Crippen LogP contribution in [0.1, 0.15) is 35.8 Å². The Morgan fingerprint density at radius 2 is 2.13 bits per heavy atom. The lowest BCUT2D eigenvalue weighted by Gasteiger charge is -2.18. The lowest BCUT2D eigenvalue weighted by molar-refractivity contribution is -0.116. The van der Waals surface area contributed by atoms with Gasteiger partial charge in [0.1, 0.15) is 11.5 Å². The van der Waals surface area contributed by atoms with Crippen molar-refractivity contribution in [3.8, 4) is 5.75 Å². The van der Waals surface area contributed by atoms with E-state index in [0.717, 1.165) is 45.5 Å². The molecule has 1 unspecified atom stereocenters. The smallest absolute Gasteiger partial charge is 0.243 e. The Bertz CT molecular complexity index is 1140. The first-order chi connectivity index (χ1) is 14.9. The van der Waals surface area contributed by atoms with Gasteiger partial charge in [-0.2, -0.15) is 0 Å². The van der Waals surface area contributed by atoms with E-state index in [-0.39, 0.29) is 5.91 Å². The van der Waals surface area contributed by atoms with E-state index in [1.807, 2.05) is 26.0 Å². The van der Waals surface area contributed by atoms with Crippen LogP contribution in [0, 0.1) is 25.2 Å². The molecule has 0 spiro atoms. The zero-order chi connectivity index (χ0) is 22.2.